The van der Waals surface area contributed by atoms with E-state index < -0.39 is 27.8 Å². The van der Waals surface area contributed by atoms with Gasteiger partial charge in [-0.05, 0) is 29.8 Å². The molecule has 2 fully saturated rings. The van der Waals surface area contributed by atoms with E-state index in [0.717, 1.165) is 0 Å². The molecular weight excluding hydrogens is 512 g/mol. The highest BCUT2D eigenvalue weighted by atomic mass is 79.9. The molecular formula is C19H23BrN2O7S2. The number of carbonyl (C=O) groups excluding carboxylic acids is 1. The second kappa shape index (κ2) is 9.78. The molecule has 0 radical (unpaired) electrons. The maximum atomic E-state index is 12.3. The Hall–Kier alpha value is -1.79. The smallest absolute Gasteiger partial charge is 0.303 e. The van der Waals surface area contributed by atoms with Crippen LogP contribution in [0.1, 0.15) is 26.7 Å². The number of ether oxygens (including phenoxy) is 2. The number of halogens is 1. The second-order valence-corrected chi connectivity index (χ2v) is 11.2. The number of rotatable bonds is 8. The molecule has 0 unspecified atom stereocenters. The van der Waals surface area contributed by atoms with Crippen molar-refractivity contribution in [3.8, 4) is 11.5 Å². The lowest BCUT2D eigenvalue weighted by atomic mass is 10.2. The Morgan fingerprint density at radius 1 is 1.19 bits per heavy atom. The van der Waals surface area contributed by atoms with Crippen molar-refractivity contribution in [3.05, 3.63) is 16.6 Å². The van der Waals surface area contributed by atoms with Crippen molar-refractivity contribution in [3.63, 3.8) is 0 Å². The van der Waals surface area contributed by atoms with Gasteiger partial charge >= 0.3 is 5.97 Å². The lowest BCUT2D eigenvalue weighted by Crippen LogP contribution is -2.38. The summed E-state index contributed by atoms with van der Waals surface area (Å²) in [7, 11) is -3.22. The molecule has 2 aliphatic heterocycles. The number of aliphatic carboxylic acids is 1. The number of anilines is 1. The fourth-order valence-electron chi connectivity index (χ4n) is 3.47. The number of hydrogen-bond donors (Lipinski definition) is 1. The Balaban J connectivity index is 2.03. The third kappa shape index (κ3) is 5.53. The molecule has 0 aliphatic carbocycles. The second-order valence-electron chi connectivity index (χ2n) is 6.97. The Morgan fingerprint density at radius 2 is 1.84 bits per heavy atom. The van der Waals surface area contributed by atoms with Crippen molar-refractivity contribution < 1.29 is 32.6 Å². The molecule has 12 heteroatoms. The monoisotopic (exact) mass is 534 g/mol. The molecule has 31 heavy (non-hydrogen) atoms. The maximum absolute atomic E-state index is 12.3. The zero-order valence-corrected chi connectivity index (χ0v) is 20.3. The molecule has 2 saturated heterocycles. The molecule has 0 bridgehead atoms. The normalized spacial score (nSPS) is 23.1. The molecule has 0 saturated carbocycles. The van der Waals surface area contributed by atoms with Crippen LogP contribution in [0.25, 0.3) is 0 Å². The van der Waals surface area contributed by atoms with E-state index in [-0.39, 0.29) is 29.6 Å². The van der Waals surface area contributed by atoms with Crippen LogP contribution in [0.15, 0.2) is 21.6 Å². The summed E-state index contributed by atoms with van der Waals surface area (Å²) in [6, 6.07) is 3.09. The zero-order valence-electron chi connectivity index (χ0n) is 17.0. The predicted molar refractivity (Wildman–Crippen MR) is 122 cm³/mol. The van der Waals surface area contributed by atoms with Gasteiger partial charge in [0.25, 0.3) is 0 Å². The van der Waals surface area contributed by atoms with Crippen LogP contribution in [0.4, 0.5) is 5.69 Å². The minimum absolute atomic E-state index is 0.00582. The van der Waals surface area contributed by atoms with E-state index in [2.05, 4.69) is 20.9 Å². The van der Waals surface area contributed by atoms with E-state index in [1.807, 2.05) is 13.8 Å². The highest BCUT2D eigenvalue weighted by molar-refractivity contribution is 9.10. The van der Waals surface area contributed by atoms with Gasteiger partial charge in [0.2, 0.25) is 5.91 Å². The standard InChI is InChI=1S/C19H23BrN2O7S2/c1-3-28-14-7-11(20)12(8-15(14)29-4-2)22-13-9-31(26,27)10-16(13)30-19(22)21-17(23)5-6-18(24)25/h7-8,13,16H,3-6,9-10H2,1-2H3,(H,24,25)/t13-,16+/m1/s1. The largest absolute Gasteiger partial charge is 0.490 e. The van der Waals surface area contributed by atoms with Gasteiger partial charge in [0, 0.05) is 28.3 Å². The molecule has 1 aromatic carbocycles. The summed E-state index contributed by atoms with van der Waals surface area (Å²) in [4.78, 5) is 28.9. The first-order chi connectivity index (χ1) is 14.6. The molecule has 2 atom stereocenters. The molecule has 2 heterocycles. The topological polar surface area (TPSA) is 123 Å². The Labute approximate surface area is 193 Å². The van der Waals surface area contributed by atoms with Crippen LogP contribution in [0, 0.1) is 0 Å². The van der Waals surface area contributed by atoms with Crippen LogP contribution in [0.3, 0.4) is 0 Å². The number of hydrogen-bond acceptors (Lipinski definition) is 7. The quantitative estimate of drug-likeness (QED) is 0.535. The number of nitrogens with zero attached hydrogens (tertiary/aromatic N) is 2. The first-order valence-electron chi connectivity index (χ1n) is 9.74. The van der Waals surface area contributed by atoms with Crippen molar-refractivity contribution >= 4 is 60.3 Å². The SMILES string of the molecule is CCOc1cc(Br)c(N2C(=NC(=O)CCC(=O)O)S[C@H]3CS(=O)(=O)C[C@H]32)cc1OCC. The number of carbonyl (C=O) groups is 2. The van der Waals surface area contributed by atoms with E-state index >= 15 is 0 Å². The van der Waals surface area contributed by atoms with Crippen LogP contribution < -0.4 is 14.4 Å². The molecule has 3 rings (SSSR count). The third-order valence-corrected chi connectivity index (χ3v) is 8.56. The van der Waals surface area contributed by atoms with E-state index in [9.17, 15) is 18.0 Å². The van der Waals surface area contributed by atoms with Gasteiger partial charge in [0.05, 0.1) is 42.9 Å². The van der Waals surface area contributed by atoms with Crippen molar-refractivity contribution in [2.75, 3.05) is 29.6 Å². The van der Waals surface area contributed by atoms with Gasteiger partial charge in [-0.2, -0.15) is 4.99 Å². The number of benzene rings is 1. The van der Waals surface area contributed by atoms with Crippen LogP contribution in [-0.2, 0) is 19.4 Å². The van der Waals surface area contributed by atoms with E-state index in [1.165, 1.54) is 11.8 Å². The van der Waals surface area contributed by atoms with E-state index in [1.54, 1.807) is 17.0 Å². The first kappa shape index (κ1) is 23.9. The number of amides is 1. The molecule has 0 aromatic heterocycles. The highest BCUT2D eigenvalue weighted by Gasteiger charge is 2.50. The van der Waals surface area contributed by atoms with E-state index in [4.69, 9.17) is 14.6 Å². The molecule has 1 aromatic rings. The van der Waals surface area contributed by atoms with E-state index in [0.29, 0.717) is 40.0 Å². The average Bonchev–Trinajstić information content (AvgIpc) is 3.13. The van der Waals surface area contributed by atoms with Crippen molar-refractivity contribution in [1.29, 1.82) is 0 Å². The van der Waals surface area contributed by atoms with Gasteiger partial charge < -0.3 is 19.5 Å². The lowest BCUT2D eigenvalue weighted by Gasteiger charge is -2.27. The molecule has 2 aliphatic rings. The van der Waals surface area contributed by atoms with Gasteiger partial charge in [-0.1, -0.05) is 11.8 Å². The first-order valence-corrected chi connectivity index (χ1v) is 13.2. The summed E-state index contributed by atoms with van der Waals surface area (Å²) in [5.74, 6) is -0.676. The summed E-state index contributed by atoms with van der Waals surface area (Å²) in [5.41, 5.74) is 0.605. The molecule has 1 amide bonds. The minimum Gasteiger partial charge on any atom is -0.490 e. The molecule has 9 nitrogen and oxygen atoms in total. The number of carboxylic acids is 1. The minimum atomic E-state index is -3.22. The maximum Gasteiger partial charge on any atom is 0.303 e. The van der Waals surface area contributed by atoms with Gasteiger partial charge in [0.1, 0.15) is 0 Å². The van der Waals surface area contributed by atoms with Gasteiger partial charge in [-0.3, -0.25) is 9.59 Å². The fraction of sp³-hybridized carbons (Fsp3) is 0.526. The van der Waals surface area contributed by atoms with Crippen LogP contribution in [0.5, 0.6) is 11.5 Å². The predicted octanol–water partition coefficient (Wildman–Crippen LogP) is 2.71. The van der Waals surface area contributed by atoms with Crippen LogP contribution >= 0.6 is 27.7 Å². The van der Waals surface area contributed by atoms with Crippen LogP contribution in [0.2, 0.25) is 0 Å². The number of carboxylic acid groups (broad SMARTS) is 1. The van der Waals surface area contributed by atoms with Gasteiger partial charge in [-0.25, -0.2) is 8.42 Å². The fourth-order valence-corrected chi connectivity index (χ4v) is 7.91. The lowest BCUT2D eigenvalue weighted by molar-refractivity contribution is -0.138. The highest BCUT2D eigenvalue weighted by Crippen LogP contribution is 2.46. The van der Waals surface area contributed by atoms with Crippen molar-refractivity contribution in [1.82, 2.24) is 0 Å². The van der Waals surface area contributed by atoms with Crippen molar-refractivity contribution in [2.45, 2.75) is 38.0 Å². The summed E-state index contributed by atoms with van der Waals surface area (Å²) < 4.78 is 36.5. The molecule has 0 spiro atoms. The molecule has 1 N–H and O–H groups in total. The average molecular weight is 535 g/mol. The summed E-state index contributed by atoms with van der Waals surface area (Å²) >= 11 is 4.76. The van der Waals surface area contributed by atoms with Gasteiger partial charge in [0.15, 0.2) is 26.5 Å². The number of sulfone groups is 1. The Morgan fingerprint density at radius 3 is 2.45 bits per heavy atom. The summed E-state index contributed by atoms with van der Waals surface area (Å²) in [6.07, 6.45) is -0.543. The zero-order chi connectivity index (χ0) is 22.8. The van der Waals surface area contributed by atoms with Crippen molar-refractivity contribution in [2.24, 2.45) is 4.99 Å². The number of amidine groups is 1. The number of thioether (sulfide) groups is 1. The summed E-state index contributed by atoms with van der Waals surface area (Å²) in [5, 5.41) is 8.90. The Bertz CT molecular complexity index is 1010. The number of fused-ring (bicyclic) bond motifs is 1. The van der Waals surface area contributed by atoms with Crippen LogP contribution in [-0.4, -0.2) is 66.6 Å². The number of aliphatic imine (C=N–C) groups is 1. The van der Waals surface area contributed by atoms with Gasteiger partial charge in [-0.15, -0.1) is 0 Å². The third-order valence-electron chi connectivity index (χ3n) is 4.71. The Kier molecular flexibility index (Phi) is 7.53. The molecule has 170 valence electrons. The summed E-state index contributed by atoms with van der Waals surface area (Å²) in [6.45, 7) is 4.55.